The van der Waals surface area contributed by atoms with Crippen LogP contribution < -0.4 is 4.90 Å². The molecular formula is C20H17BrN2O3S. The standard InChI is InChI=1S/C20H17BrN2O3S/c1-23(17-9-11-18(24)12-10-17)20(15-5-3-2-4-6-15)22-27(25,26)19-13-7-16(21)8-14-19/h2-14,24H,1H3. The number of phenolic OH excluding ortho intramolecular Hbond substituents is 1. The first-order valence-electron chi connectivity index (χ1n) is 8.05. The van der Waals surface area contributed by atoms with Gasteiger partial charge in [0, 0.05) is 22.8 Å². The zero-order chi connectivity index (χ0) is 19.4. The molecule has 3 aromatic carbocycles. The third-order valence-corrected chi connectivity index (χ3v) is 5.71. The predicted molar refractivity (Wildman–Crippen MR) is 111 cm³/mol. The average molecular weight is 445 g/mol. The Balaban J connectivity index is 2.11. The van der Waals surface area contributed by atoms with E-state index >= 15 is 0 Å². The van der Waals surface area contributed by atoms with Crippen LogP contribution in [-0.4, -0.2) is 26.4 Å². The molecule has 0 aliphatic rings. The van der Waals surface area contributed by atoms with Gasteiger partial charge in [0.1, 0.15) is 5.75 Å². The summed E-state index contributed by atoms with van der Waals surface area (Å²) in [6.07, 6.45) is 0. The molecule has 5 nitrogen and oxygen atoms in total. The minimum absolute atomic E-state index is 0.109. The normalized spacial score (nSPS) is 12.0. The summed E-state index contributed by atoms with van der Waals surface area (Å²) in [6.45, 7) is 0. The summed E-state index contributed by atoms with van der Waals surface area (Å²) in [4.78, 5) is 1.78. The molecule has 3 aromatic rings. The van der Waals surface area contributed by atoms with Gasteiger partial charge >= 0.3 is 0 Å². The van der Waals surface area contributed by atoms with Crippen molar-refractivity contribution in [2.45, 2.75) is 4.90 Å². The lowest BCUT2D eigenvalue weighted by atomic mass is 10.2. The molecule has 1 N–H and O–H groups in total. The summed E-state index contributed by atoms with van der Waals surface area (Å²) in [5.41, 5.74) is 1.36. The minimum atomic E-state index is -3.91. The van der Waals surface area contributed by atoms with Crippen molar-refractivity contribution in [1.29, 1.82) is 0 Å². The largest absolute Gasteiger partial charge is 0.508 e. The molecule has 0 atom stereocenters. The van der Waals surface area contributed by atoms with E-state index in [4.69, 9.17) is 0 Å². The molecule has 0 aliphatic carbocycles. The number of phenols is 1. The molecule has 138 valence electrons. The van der Waals surface area contributed by atoms with Gasteiger partial charge in [-0.25, -0.2) is 0 Å². The van der Waals surface area contributed by atoms with Crippen LogP contribution in [0.25, 0.3) is 0 Å². The number of halogens is 1. The van der Waals surface area contributed by atoms with E-state index in [-0.39, 0.29) is 16.5 Å². The number of sulfonamides is 1. The second-order valence-corrected chi connectivity index (χ2v) is 8.31. The number of nitrogens with zero attached hydrogens (tertiary/aromatic N) is 2. The van der Waals surface area contributed by atoms with Gasteiger partial charge in [0.25, 0.3) is 10.0 Å². The summed E-state index contributed by atoms with van der Waals surface area (Å²) in [5.74, 6) is 0.414. The van der Waals surface area contributed by atoms with Gasteiger partial charge in [-0.3, -0.25) is 0 Å². The van der Waals surface area contributed by atoms with Crippen molar-refractivity contribution < 1.29 is 13.5 Å². The van der Waals surface area contributed by atoms with Gasteiger partial charge < -0.3 is 10.0 Å². The molecule has 0 fully saturated rings. The van der Waals surface area contributed by atoms with Gasteiger partial charge in [-0.05, 0) is 48.5 Å². The molecule has 7 heteroatoms. The summed E-state index contributed by atoms with van der Waals surface area (Å²) >= 11 is 3.30. The van der Waals surface area contributed by atoms with Crippen molar-refractivity contribution in [3.8, 4) is 5.75 Å². The maximum absolute atomic E-state index is 12.8. The van der Waals surface area contributed by atoms with E-state index in [9.17, 15) is 13.5 Å². The number of aromatic hydroxyl groups is 1. The zero-order valence-electron chi connectivity index (χ0n) is 14.4. The van der Waals surface area contributed by atoms with E-state index in [0.717, 1.165) is 4.47 Å². The molecule has 0 unspecified atom stereocenters. The Kier molecular flexibility index (Phi) is 5.62. The Morgan fingerprint density at radius 1 is 0.926 bits per heavy atom. The number of hydrogen-bond donors (Lipinski definition) is 1. The third-order valence-electron chi connectivity index (χ3n) is 3.90. The smallest absolute Gasteiger partial charge is 0.284 e. The number of rotatable bonds is 4. The molecule has 0 amide bonds. The lowest BCUT2D eigenvalue weighted by molar-refractivity contribution is 0.475. The van der Waals surface area contributed by atoms with E-state index < -0.39 is 10.0 Å². The monoisotopic (exact) mass is 444 g/mol. The van der Waals surface area contributed by atoms with Crippen LogP contribution >= 0.6 is 15.9 Å². The van der Waals surface area contributed by atoms with Crippen LogP contribution in [0.4, 0.5) is 5.69 Å². The van der Waals surface area contributed by atoms with E-state index in [1.165, 1.54) is 24.3 Å². The number of hydrogen-bond acceptors (Lipinski definition) is 3. The van der Waals surface area contributed by atoms with Crippen LogP contribution in [0.1, 0.15) is 5.56 Å². The van der Waals surface area contributed by atoms with Gasteiger partial charge in [-0.15, -0.1) is 4.40 Å². The van der Waals surface area contributed by atoms with Crippen molar-refractivity contribution in [3.63, 3.8) is 0 Å². The van der Waals surface area contributed by atoms with Crippen LogP contribution in [0, 0.1) is 0 Å². The van der Waals surface area contributed by atoms with Gasteiger partial charge in [-0.1, -0.05) is 46.3 Å². The van der Waals surface area contributed by atoms with Gasteiger partial charge in [0.05, 0.1) is 4.90 Å². The number of benzene rings is 3. The highest BCUT2D eigenvalue weighted by molar-refractivity contribution is 9.10. The Morgan fingerprint density at radius 2 is 1.52 bits per heavy atom. The Labute approximate surface area is 166 Å². The molecule has 0 aliphatic heterocycles. The molecular weight excluding hydrogens is 428 g/mol. The van der Waals surface area contributed by atoms with Crippen molar-refractivity contribution in [3.05, 3.63) is 88.9 Å². The molecule has 0 aromatic heterocycles. The molecule has 0 heterocycles. The lowest BCUT2D eigenvalue weighted by Crippen LogP contribution is -2.28. The van der Waals surface area contributed by atoms with Crippen LogP contribution in [0.3, 0.4) is 0 Å². The highest BCUT2D eigenvalue weighted by Crippen LogP contribution is 2.22. The fraction of sp³-hybridized carbons (Fsp3) is 0.0500. The third kappa shape index (κ3) is 4.56. The topological polar surface area (TPSA) is 70.0 Å². The van der Waals surface area contributed by atoms with Crippen molar-refractivity contribution in [2.75, 3.05) is 11.9 Å². The summed E-state index contributed by atoms with van der Waals surface area (Å²) in [5, 5.41) is 9.50. The SMILES string of the molecule is CN(C(=NS(=O)(=O)c1ccc(Br)cc1)c1ccccc1)c1ccc(O)cc1. The van der Waals surface area contributed by atoms with Crippen LogP contribution in [0.2, 0.25) is 0 Å². The molecule has 0 spiro atoms. The summed E-state index contributed by atoms with van der Waals surface area (Å²) < 4.78 is 30.6. The fourth-order valence-corrected chi connectivity index (χ4v) is 3.77. The second-order valence-electron chi connectivity index (χ2n) is 5.79. The Hall–Kier alpha value is -2.64. The minimum Gasteiger partial charge on any atom is -0.508 e. The average Bonchev–Trinajstić information content (AvgIpc) is 2.67. The van der Waals surface area contributed by atoms with Gasteiger partial charge in [0.15, 0.2) is 5.84 Å². The lowest BCUT2D eigenvalue weighted by Gasteiger charge is -2.21. The molecule has 27 heavy (non-hydrogen) atoms. The number of amidine groups is 1. The van der Waals surface area contributed by atoms with E-state index in [2.05, 4.69) is 20.3 Å². The molecule has 0 bridgehead atoms. The van der Waals surface area contributed by atoms with Crippen LogP contribution in [0.5, 0.6) is 5.75 Å². The maximum atomic E-state index is 12.8. The van der Waals surface area contributed by atoms with Crippen molar-refractivity contribution in [1.82, 2.24) is 0 Å². The predicted octanol–water partition coefficient (Wildman–Crippen LogP) is 4.43. The maximum Gasteiger partial charge on any atom is 0.284 e. The second kappa shape index (κ2) is 7.94. The fourth-order valence-electron chi connectivity index (χ4n) is 2.47. The molecule has 0 saturated heterocycles. The van der Waals surface area contributed by atoms with E-state index in [0.29, 0.717) is 11.3 Å². The van der Waals surface area contributed by atoms with Crippen molar-refractivity contribution >= 4 is 37.5 Å². The van der Waals surface area contributed by atoms with Crippen LogP contribution in [-0.2, 0) is 10.0 Å². The van der Waals surface area contributed by atoms with Gasteiger partial charge in [0.2, 0.25) is 0 Å². The number of anilines is 1. The molecule has 0 radical (unpaired) electrons. The highest BCUT2D eigenvalue weighted by atomic mass is 79.9. The molecule has 3 rings (SSSR count). The van der Waals surface area contributed by atoms with Gasteiger partial charge in [-0.2, -0.15) is 8.42 Å². The quantitative estimate of drug-likeness (QED) is 0.477. The summed E-state index contributed by atoms with van der Waals surface area (Å²) in [7, 11) is -2.18. The van der Waals surface area contributed by atoms with Crippen molar-refractivity contribution in [2.24, 2.45) is 4.40 Å². The Bertz CT molecular complexity index is 1050. The zero-order valence-corrected chi connectivity index (χ0v) is 16.9. The Morgan fingerprint density at radius 3 is 2.11 bits per heavy atom. The first-order chi connectivity index (χ1) is 12.9. The molecule has 0 saturated carbocycles. The summed E-state index contributed by atoms with van der Waals surface area (Å²) in [6, 6.07) is 21.9. The van der Waals surface area contributed by atoms with E-state index in [1.54, 1.807) is 48.3 Å². The van der Waals surface area contributed by atoms with Crippen LogP contribution in [0.15, 0.2) is 92.6 Å². The first kappa shape index (κ1) is 19.1. The highest BCUT2D eigenvalue weighted by Gasteiger charge is 2.19. The van der Waals surface area contributed by atoms with E-state index in [1.807, 2.05) is 18.2 Å². The first-order valence-corrected chi connectivity index (χ1v) is 10.3.